The van der Waals surface area contributed by atoms with Gasteiger partial charge in [-0.2, -0.15) is 13.2 Å². The van der Waals surface area contributed by atoms with Gasteiger partial charge in [-0.3, -0.25) is 20.2 Å². The second-order valence-electron chi connectivity index (χ2n) is 5.39. The predicted octanol–water partition coefficient (Wildman–Crippen LogP) is 5.14. The molecule has 0 atom stereocenters. The Labute approximate surface area is 174 Å². The van der Waals surface area contributed by atoms with Crippen LogP contribution < -0.4 is 5.32 Å². The summed E-state index contributed by atoms with van der Waals surface area (Å²) in [6, 6.07) is 1.11. The largest absolute Gasteiger partial charge is 0.462 e. The highest BCUT2D eigenvalue weighted by Crippen LogP contribution is 2.48. The summed E-state index contributed by atoms with van der Waals surface area (Å²) in [6.07, 6.45) is -4.24. The van der Waals surface area contributed by atoms with E-state index in [4.69, 9.17) is 27.9 Å². The van der Waals surface area contributed by atoms with Gasteiger partial charge in [0.15, 0.2) is 5.69 Å². The van der Waals surface area contributed by atoms with Gasteiger partial charge in [-0.1, -0.05) is 23.2 Å². The van der Waals surface area contributed by atoms with E-state index >= 15 is 0 Å². The highest BCUT2D eigenvalue weighted by atomic mass is 35.5. The third-order valence-corrected chi connectivity index (χ3v) is 4.17. The van der Waals surface area contributed by atoms with Crippen molar-refractivity contribution in [2.75, 3.05) is 11.9 Å². The second kappa shape index (κ2) is 8.67. The number of nitro benzene ring substituents is 2. The van der Waals surface area contributed by atoms with Crippen LogP contribution in [0.25, 0.3) is 0 Å². The Hall–Kier alpha value is -3.19. The lowest BCUT2D eigenvalue weighted by molar-refractivity contribution is -0.392. The number of anilines is 2. The van der Waals surface area contributed by atoms with Crippen LogP contribution in [-0.2, 0) is 10.9 Å². The minimum Gasteiger partial charge on any atom is -0.462 e. The molecule has 30 heavy (non-hydrogen) atoms. The molecule has 0 bridgehead atoms. The molecule has 1 aromatic heterocycles. The molecule has 2 rings (SSSR count). The molecule has 0 aliphatic rings. The third kappa shape index (κ3) is 4.68. The monoisotopic (exact) mass is 468 g/mol. The van der Waals surface area contributed by atoms with Crippen LogP contribution in [0.1, 0.15) is 22.8 Å². The van der Waals surface area contributed by atoms with Crippen LogP contribution in [0.3, 0.4) is 0 Å². The summed E-state index contributed by atoms with van der Waals surface area (Å²) in [4.78, 5) is 35.5. The van der Waals surface area contributed by atoms with E-state index in [1.165, 1.54) is 0 Å². The van der Waals surface area contributed by atoms with Crippen LogP contribution in [0.5, 0.6) is 0 Å². The average molecular weight is 469 g/mol. The van der Waals surface area contributed by atoms with Crippen LogP contribution in [0.2, 0.25) is 10.0 Å². The summed E-state index contributed by atoms with van der Waals surface area (Å²) in [5.74, 6) is -1.19. The molecule has 1 aromatic carbocycles. The molecule has 0 aliphatic heterocycles. The summed E-state index contributed by atoms with van der Waals surface area (Å²) >= 11 is 11.5. The van der Waals surface area contributed by atoms with Crippen molar-refractivity contribution < 1.29 is 32.5 Å². The van der Waals surface area contributed by atoms with Crippen molar-refractivity contribution in [2.45, 2.75) is 13.1 Å². The molecular formula is C15H9Cl2F3N4O6. The number of hydrogen-bond donors (Lipinski definition) is 1. The Bertz CT molecular complexity index is 1050. The summed E-state index contributed by atoms with van der Waals surface area (Å²) < 4.78 is 44.1. The van der Waals surface area contributed by atoms with E-state index in [-0.39, 0.29) is 23.3 Å². The maximum Gasteiger partial charge on any atom is 0.418 e. The number of aromatic nitrogens is 1. The van der Waals surface area contributed by atoms with Crippen molar-refractivity contribution in [3.63, 3.8) is 0 Å². The van der Waals surface area contributed by atoms with Gasteiger partial charge >= 0.3 is 23.5 Å². The molecule has 0 amide bonds. The first-order chi connectivity index (χ1) is 13.9. The summed E-state index contributed by atoms with van der Waals surface area (Å²) in [6.45, 7) is 1.61. The predicted molar refractivity (Wildman–Crippen MR) is 98.2 cm³/mol. The number of esters is 1. The van der Waals surface area contributed by atoms with Crippen molar-refractivity contribution in [2.24, 2.45) is 0 Å². The zero-order valence-electron chi connectivity index (χ0n) is 14.6. The fraction of sp³-hybridized carbons (Fsp3) is 0.200. The lowest BCUT2D eigenvalue weighted by Gasteiger charge is -2.14. The average Bonchev–Trinajstić information content (AvgIpc) is 2.61. The van der Waals surface area contributed by atoms with Gasteiger partial charge in [0.1, 0.15) is 10.8 Å². The smallest absolute Gasteiger partial charge is 0.418 e. The number of rotatable bonds is 6. The van der Waals surface area contributed by atoms with E-state index in [1.54, 1.807) is 6.92 Å². The number of halogens is 5. The van der Waals surface area contributed by atoms with E-state index < -0.39 is 55.5 Å². The minimum absolute atomic E-state index is 0.0541. The number of ether oxygens (including phenoxy) is 1. The Morgan fingerprint density at radius 1 is 1.23 bits per heavy atom. The molecule has 0 unspecified atom stereocenters. The van der Waals surface area contributed by atoms with Crippen molar-refractivity contribution in [3.05, 3.63) is 59.7 Å². The number of nitrogens with zero attached hydrogens (tertiary/aromatic N) is 3. The molecule has 0 aliphatic carbocycles. The quantitative estimate of drug-likeness (QED) is 0.349. The van der Waals surface area contributed by atoms with Crippen LogP contribution in [-0.4, -0.2) is 27.4 Å². The molecule has 2 aromatic rings. The van der Waals surface area contributed by atoms with Crippen LogP contribution in [0.15, 0.2) is 18.3 Å². The molecule has 10 nitrogen and oxygen atoms in total. The van der Waals surface area contributed by atoms with E-state index in [9.17, 15) is 38.2 Å². The van der Waals surface area contributed by atoms with E-state index in [0.29, 0.717) is 0 Å². The zero-order chi connectivity index (χ0) is 22.8. The normalized spacial score (nSPS) is 11.1. The molecule has 1 N–H and O–H groups in total. The second-order valence-corrected chi connectivity index (χ2v) is 6.18. The van der Waals surface area contributed by atoms with Crippen LogP contribution in [0.4, 0.5) is 36.1 Å². The number of carbonyl (C=O) groups is 1. The number of carbonyl (C=O) groups excluding carboxylic acids is 1. The zero-order valence-corrected chi connectivity index (χ0v) is 16.1. The number of alkyl halides is 3. The number of pyridine rings is 1. The molecule has 0 radical (unpaired) electrons. The van der Waals surface area contributed by atoms with Gasteiger partial charge in [-0.25, -0.2) is 9.78 Å². The van der Waals surface area contributed by atoms with Crippen molar-refractivity contribution in [3.8, 4) is 0 Å². The molecule has 0 spiro atoms. The van der Waals surface area contributed by atoms with Gasteiger partial charge in [0.05, 0.1) is 32.6 Å². The van der Waals surface area contributed by atoms with E-state index in [2.05, 4.69) is 10.3 Å². The molecule has 0 fully saturated rings. The lowest BCUT2D eigenvalue weighted by atomic mass is 10.1. The Kier molecular flexibility index (Phi) is 6.67. The first kappa shape index (κ1) is 23.1. The van der Waals surface area contributed by atoms with Gasteiger partial charge in [0.2, 0.25) is 0 Å². The Morgan fingerprint density at radius 3 is 2.33 bits per heavy atom. The van der Waals surface area contributed by atoms with Gasteiger partial charge in [-0.15, -0.1) is 0 Å². The third-order valence-electron chi connectivity index (χ3n) is 3.50. The standard InChI is InChI=1S/C15H9Cl2F3N4O6/c1-2-30-14(25)6-3-8(16)13(21-5-6)22-11-9(23(26)27)4-7(15(18,19)20)10(17)12(11)24(28)29/h3-5H,2H2,1H3,(H,21,22). The highest BCUT2D eigenvalue weighted by Gasteiger charge is 2.42. The van der Waals surface area contributed by atoms with Crippen LogP contribution >= 0.6 is 23.2 Å². The summed E-state index contributed by atoms with van der Waals surface area (Å²) in [5, 5.41) is 23.1. The first-order valence-corrected chi connectivity index (χ1v) is 8.46. The SMILES string of the molecule is CCOC(=O)c1cnc(Nc2c([N+](=O)[O-])cc(C(F)(F)F)c(Cl)c2[N+](=O)[O-])c(Cl)c1. The number of nitro groups is 2. The maximum absolute atomic E-state index is 13.1. The first-order valence-electron chi connectivity index (χ1n) is 7.70. The Morgan fingerprint density at radius 2 is 1.87 bits per heavy atom. The van der Waals surface area contributed by atoms with Gasteiger partial charge in [0.25, 0.3) is 0 Å². The van der Waals surface area contributed by atoms with Crippen molar-refractivity contribution >= 4 is 52.1 Å². The number of benzene rings is 1. The maximum atomic E-state index is 13.1. The molecular weight excluding hydrogens is 460 g/mol. The molecule has 15 heteroatoms. The fourth-order valence-electron chi connectivity index (χ4n) is 2.25. The summed E-state index contributed by atoms with van der Waals surface area (Å²) in [7, 11) is 0. The van der Waals surface area contributed by atoms with Crippen molar-refractivity contribution in [1.29, 1.82) is 0 Å². The molecule has 0 saturated heterocycles. The lowest BCUT2D eigenvalue weighted by Crippen LogP contribution is -2.11. The van der Waals surface area contributed by atoms with Crippen molar-refractivity contribution in [1.82, 2.24) is 4.98 Å². The van der Waals surface area contributed by atoms with Gasteiger partial charge in [0, 0.05) is 12.3 Å². The van der Waals surface area contributed by atoms with E-state index in [0.717, 1.165) is 12.3 Å². The number of hydrogen-bond acceptors (Lipinski definition) is 8. The molecule has 160 valence electrons. The minimum atomic E-state index is -5.19. The van der Waals surface area contributed by atoms with Crippen LogP contribution in [0, 0.1) is 20.2 Å². The number of nitrogens with one attached hydrogen (secondary N) is 1. The van der Waals surface area contributed by atoms with E-state index in [1.807, 2.05) is 0 Å². The van der Waals surface area contributed by atoms with Gasteiger partial charge in [-0.05, 0) is 13.0 Å². The van der Waals surface area contributed by atoms with Gasteiger partial charge < -0.3 is 10.1 Å². The fourth-order valence-corrected chi connectivity index (χ4v) is 2.79. The molecule has 0 saturated carbocycles. The molecule has 1 heterocycles. The Balaban J connectivity index is 2.67. The summed E-state index contributed by atoms with van der Waals surface area (Å²) in [5.41, 5.74) is -5.51. The topological polar surface area (TPSA) is 138 Å². The highest BCUT2D eigenvalue weighted by molar-refractivity contribution is 6.35.